The van der Waals surface area contributed by atoms with E-state index in [2.05, 4.69) is 9.55 Å². The molecule has 2 aromatic carbocycles. The van der Waals surface area contributed by atoms with Crippen LogP contribution in [0.15, 0.2) is 53.7 Å². The molecule has 0 fully saturated rings. The number of carbonyl (C=O) groups is 1. The van der Waals surface area contributed by atoms with Gasteiger partial charge in [-0.15, -0.1) is 0 Å². The highest BCUT2D eigenvalue weighted by atomic mass is 35.5. The van der Waals surface area contributed by atoms with Crippen LogP contribution in [0.3, 0.4) is 0 Å². The van der Waals surface area contributed by atoms with Gasteiger partial charge in [-0.1, -0.05) is 41.9 Å². The van der Waals surface area contributed by atoms with Crippen molar-refractivity contribution in [3.8, 4) is 0 Å². The predicted octanol–water partition coefficient (Wildman–Crippen LogP) is 3.33. The summed E-state index contributed by atoms with van der Waals surface area (Å²) in [7, 11) is 0. The van der Waals surface area contributed by atoms with E-state index in [0.29, 0.717) is 11.6 Å². The zero-order chi connectivity index (χ0) is 15.5. The molecule has 112 valence electrons. The molecule has 0 amide bonds. The zero-order valence-electron chi connectivity index (χ0n) is 11.6. The molecular weight excluding hydrogens is 320 g/mol. The highest BCUT2D eigenvalue weighted by molar-refractivity contribution is 7.99. The number of nitrogens with zero attached hydrogens (tertiary/aromatic N) is 1. The summed E-state index contributed by atoms with van der Waals surface area (Å²) in [4.78, 5) is 14.1. The van der Waals surface area contributed by atoms with Gasteiger partial charge in [-0.05, 0) is 29.5 Å². The number of hydrogen-bond donors (Lipinski definition) is 2. The Kier molecular flexibility index (Phi) is 4.36. The van der Waals surface area contributed by atoms with Crippen LogP contribution in [0.2, 0.25) is 5.02 Å². The quantitative estimate of drug-likeness (QED) is 0.556. The van der Waals surface area contributed by atoms with E-state index in [0.717, 1.165) is 21.8 Å². The number of carboxylic acid groups (broad SMARTS) is 1. The van der Waals surface area contributed by atoms with E-state index in [1.165, 1.54) is 11.8 Å². The SMILES string of the molecule is O=C(O)CSc1[nH]c2cc(Cl)ccc2[n+]1Cc1ccccc1. The first-order valence-electron chi connectivity index (χ1n) is 6.73. The van der Waals surface area contributed by atoms with Gasteiger partial charge in [0.2, 0.25) is 0 Å². The van der Waals surface area contributed by atoms with E-state index in [9.17, 15) is 4.79 Å². The summed E-state index contributed by atoms with van der Waals surface area (Å²) in [5.41, 5.74) is 3.05. The lowest BCUT2D eigenvalue weighted by Gasteiger charge is -2.01. The van der Waals surface area contributed by atoms with Crippen LogP contribution in [0.4, 0.5) is 0 Å². The molecule has 0 saturated carbocycles. The Labute approximate surface area is 136 Å². The Morgan fingerprint density at radius 1 is 1.23 bits per heavy atom. The Morgan fingerprint density at radius 3 is 2.73 bits per heavy atom. The summed E-state index contributed by atoms with van der Waals surface area (Å²) in [6.45, 7) is 0.671. The minimum atomic E-state index is -0.840. The van der Waals surface area contributed by atoms with Crippen molar-refractivity contribution in [1.82, 2.24) is 4.98 Å². The Balaban J connectivity index is 2.03. The summed E-state index contributed by atoms with van der Waals surface area (Å²) in [5, 5.41) is 10.4. The third-order valence-electron chi connectivity index (χ3n) is 3.25. The lowest BCUT2D eigenvalue weighted by Crippen LogP contribution is -2.35. The number of nitrogens with one attached hydrogen (secondary N) is 1. The van der Waals surface area contributed by atoms with Crippen molar-refractivity contribution >= 4 is 40.4 Å². The number of fused-ring (bicyclic) bond motifs is 1. The van der Waals surface area contributed by atoms with E-state index < -0.39 is 5.97 Å². The number of hydrogen-bond acceptors (Lipinski definition) is 2. The summed E-state index contributed by atoms with van der Waals surface area (Å²) in [6, 6.07) is 15.7. The molecule has 1 heterocycles. The van der Waals surface area contributed by atoms with Gasteiger partial charge in [0.15, 0.2) is 11.0 Å². The van der Waals surface area contributed by atoms with E-state index in [4.69, 9.17) is 16.7 Å². The number of H-pyrrole nitrogens is 1. The van der Waals surface area contributed by atoms with Crippen molar-refractivity contribution < 1.29 is 14.5 Å². The second-order valence-corrected chi connectivity index (χ2v) is 6.25. The number of aliphatic carboxylic acids is 1. The van der Waals surface area contributed by atoms with Crippen LogP contribution in [-0.4, -0.2) is 21.8 Å². The second-order valence-electron chi connectivity index (χ2n) is 4.85. The average Bonchev–Trinajstić information content (AvgIpc) is 2.83. The fourth-order valence-corrected chi connectivity index (χ4v) is 3.24. The van der Waals surface area contributed by atoms with Gasteiger partial charge in [0.1, 0.15) is 12.3 Å². The maximum atomic E-state index is 10.8. The maximum Gasteiger partial charge on any atom is 0.317 e. The highest BCUT2D eigenvalue weighted by Gasteiger charge is 2.20. The van der Waals surface area contributed by atoms with Gasteiger partial charge in [-0.25, -0.2) is 9.55 Å². The number of carboxylic acids is 1. The molecule has 0 bridgehead atoms. The predicted molar refractivity (Wildman–Crippen MR) is 87.4 cm³/mol. The lowest BCUT2D eigenvalue weighted by atomic mass is 10.2. The van der Waals surface area contributed by atoms with E-state index in [1.54, 1.807) is 0 Å². The number of halogens is 1. The number of aromatic amines is 1. The third kappa shape index (κ3) is 3.26. The minimum absolute atomic E-state index is 0.00927. The number of benzene rings is 2. The first kappa shape index (κ1) is 14.9. The normalized spacial score (nSPS) is 11.0. The van der Waals surface area contributed by atoms with Crippen molar-refractivity contribution in [3.05, 3.63) is 59.1 Å². The van der Waals surface area contributed by atoms with Crippen molar-refractivity contribution in [2.45, 2.75) is 11.7 Å². The van der Waals surface area contributed by atoms with Crippen LogP contribution < -0.4 is 4.57 Å². The standard InChI is InChI=1S/C16H13ClN2O2S/c17-12-6-7-14-13(8-12)18-16(22-10-15(20)21)19(14)9-11-4-2-1-3-5-11/h1-8H,9-10H2,(H,20,21)/p+1. The number of thioether (sulfide) groups is 1. The molecule has 0 atom stereocenters. The highest BCUT2D eigenvalue weighted by Crippen LogP contribution is 2.21. The number of rotatable bonds is 5. The topological polar surface area (TPSA) is 57.0 Å². The van der Waals surface area contributed by atoms with Crippen LogP contribution in [-0.2, 0) is 11.3 Å². The summed E-state index contributed by atoms with van der Waals surface area (Å²) in [6.07, 6.45) is 0. The van der Waals surface area contributed by atoms with Crippen molar-refractivity contribution in [3.63, 3.8) is 0 Å². The third-order valence-corrected chi connectivity index (χ3v) is 4.47. The molecule has 0 aliphatic heterocycles. The number of aromatic nitrogens is 2. The molecule has 3 rings (SSSR count). The molecule has 0 saturated heterocycles. The minimum Gasteiger partial charge on any atom is -0.481 e. The molecule has 0 aliphatic carbocycles. The molecule has 2 N–H and O–H groups in total. The van der Waals surface area contributed by atoms with Crippen LogP contribution in [0, 0.1) is 0 Å². The summed E-state index contributed by atoms with van der Waals surface area (Å²) < 4.78 is 2.08. The second kappa shape index (κ2) is 6.42. The molecule has 0 aliphatic rings. The molecule has 3 aromatic rings. The number of imidazole rings is 1. The summed E-state index contributed by atoms with van der Waals surface area (Å²) in [5.74, 6) is -0.831. The zero-order valence-corrected chi connectivity index (χ0v) is 13.2. The van der Waals surface area contributed by atoms with Gasteiger partial charge in [0.05, 0.1) is 0 Å². The van der Waals surface area contributed by atoms with Crippen LogP contribution in [0.1, 0.15) is 5.56 Å². The van der Waals surface area contributed by atoms with E-state index in [1.807, 2.05) is 48.5 Å². The molecule has 0 radical (unpaired) electrons. The maximum absolute atomic E-state index is 10.8. The first-order valence-corrected chi connectivity index (χ1v) is 8.09. The molecule has 1 aromatic heterocycles. The first-order chi connectivity index (χ1) is 10.6. The van der Waals surface area contributed by atoms with Gasteiger partial charge in [-0.3, -0.25) is 4.79 Å². The van der Waals surface area contributed by atoms with E-state index in [-0.39, 0.29) is 5.75 Å². The fraction of sp³-hybridized carbons (Fsp3) is 0.125. The average molecular weight is 334 g/mol. The Bertz CT molecular complexity index is 818. The van der Waals surface area contributed by atoms with Gasteiger partial charge >= 0.3 is 11.1 Å². The molecule has 6 heteroatoms. The molecular formula is C16H14ClN2O2S+. The lowest BCUT2D eigenvalue weighted by molar-refractivity contribution is -0.700. The Morgan fingerprint density at radius 2 is 2.00 bits per heavy atom. The fourth-order valence-electron chi connectivity index (χ4n) is 2.30. The monoisotopic (exact) mass is 333 g/mol. The smallest absolute Gasteiger partial charge is 0.317 e. The van der Waals surface area contributed by atoms with Gasteiger partial charge in [0.25, 0.3) is 0 Å². The van der Waals surface area contributed by atoms with Crippen LogP contribution in [0.5, 0.6) is 0 Å². The van der Waals surface area contributed by atoms with Crippen LogP contribution in [0.25, 0.3) is 11.0 Å². The van der Waals surface area contributed by atoms with Gasteiger partial charge in [0, 0.05) is 11.1 Å². The van der Waals surface area contributed by atoms with Crippen molar-refractivity contribution in [2.75, 3.05) is 5.75 Å². The molecule has 22 heavy (non-hydrogen) atoms. The van der Waals surface area contributed by atoms with Crippen LogP contribution >= 0.6 is 23.4 Å². The van der Waals surface area contributed by atoms with E-state index >= 15 is 0 Å². The Hall–Kier alpha value is -1.98. The molecule has 0 spiro atoms. The summed E-state index contributed by atoms with van der Waals surface area (Å²) >= 11 is 7.31. The molecule has 4 nitrogen and oxygen atoms in total. The van der Waals surface area contributed by atoms with Crippen molar-refractivity contribution in [1.29, 1.82) is 0 Å². The largest absolute Gasteiger partial charge is 0.481 e. The molecule has 0 unspecified atom stereocenters. The van der Waals surface area contributed by atoms with Gasteiger partial charge in [-0.2, -0.15) is 0 Å². The van der Waals surface area contributed by atoms with Crippen molar-refractivity contribution in [2.24, 2.45) is 0 Å². The van der Waals surface area contributed by atoms with Gasteiger partial charge < -0.3 is 5.11 Å².